The lowest BCUT2D eigenvalue weighted by molar-refractivity contribution is -0.383. The summed E-state index contributed by atoms with van der Waals surface area (Å²) in [5, 5.41) is 14.8. The summed E-state index contributed by atoms with van der Waals surface area (Å²) in [4.78, 5) is 57.0. The van der Waals surface area contributed by atoms with Gasteiger partial charge in [-0.3, -0.25) is 14.9 Å². The van der Waals surface area contributed by atoms with E-state index in [9.17, 15) is 24.5 Å². The van der Waals surface area contributed by atoms with E-state index in [1.54, 1.807) is 4.90 Å². The lowest BCUT2D eigenvalue weighted by atomic mass is 9.97. The van der Waals surface area contributed by atoms with Crippen LogP contribution in [0.5, 0.6) is 0 Å². The number of hydrogen-bond donors (Lipinski definition) is 1. The maximum atomic E-state index is 12.0. The summed E-state index contributed by atoms with van der Waals surface area (Å²) in [5.74, 6) is -2.06. The van der Waals surface area contributed by atoms with E-state index in [-0.39, 0.29) is 46.0 Å². The number of nitrogens with one attached hydrogen (secondary N) is 1. The number of hydrogen-bond acceptors (Lipinski definition) is 12. The monoisotopic (exact) mass is 473 g/mol. The molecule has 0 atom stereocenters. The molecule has 0 spiro atoms. The molecule has 2 heterocycles. The molecule has 3 rings (SSSR count). The van der Waals surface area contributed by atoms with Crippen LogP contribution in [0, 0.1) is 16.0 Å². The van der Waals surface area contributed by atoms with Crippen LogP contribution in [0.2, 0.25) is 0 Å². The highest BCUT2D eigenvalue weighted by molar-refractivity contribution is 5.97. The Morgan fingerprint density at radius 2 is 1.59 bits per heavy atom. The molecule has 1 fully saturated rings. The first kappa shape index (κ1) is 24.4. The number of nitrogens with zero attached hydrogens (tertiary/aromatic N) is 4. The van der Waals surface area contributed by atoms with Crippen LogP contribution >= 0.6 is 0 Å². The van der Waals surface area contributed by atoms with Crippen molar-refractivity contribution in [3.8, 4) is 0 Å². The van der Waals surface area contributed by atoms with Gasteiger partial charge in [0.2, 0.25) is 11.6 Å². The largest absolute Gasteiger partial charge is 0.469 e. The van der Waals surface area contributed by atoms with Crippen LogP contribution < -0.4 is 10.2 Å². The minimum absolute atomic E-state index is 0.0368. The van der Waals surface area contributed by atoms with Crippen molar-refractivity contribution < 1.29 is 33.5 Å². The second kappa shape index (κ2) is 10.6. The van der Waals surface area contributed by atoms with Gasteiger partial charge in [-0.05, 0) is 31.0 Å². The summed E-state index contributed by atoms with van der Waals surface area (Å²) in [6.45, 7) is 0.725. The van der Waals surface area contributed by atoms with E-state index in [4.69, 9.17) is 14.2 Å². The summed E-state index contributed by atoms with van der Waals surface area (Å²) in [7, 11) is 3.69. The molecule has 1 N–H and O–H groups in total. The van der Waals surface area contributed by atoms with Crippen LogP contribution in [0.1, 0.15) is 33.6 Å². The Bertz CT molecular complexity index is 1080. The van der Waals surface area contributed by atoms with E-state index in [1.807, 2.05) is 0 Å². The molecule has 180 valence electrons. The van der Waals surface area contributed by atoms with Crippen LogP contribution in [0.4, 0.5) is 23.0 Å². The quantitative estimate of drug-likeness (QED) is 0.270. The molecule has 0 bridgehead atoms. The second-order valence-electron chi connectivity index (χ2n) is 7.34. The lowest BCUT2D eigenvalue weighted by Gasteiger charge is -2.31. The number of carbonyl (C=O) groups excluding carboxylic acids is 3. The number of nitro groups is 1. The number of piperidine rings is 1. The molecule has 34 heavy (non-hydrogen) atoms. The van der Waals surface area contributed by atoms with E-state index in [0.717, 1.165) is 0 Å². The van der Waals surface area contributed by atoms with Crippen molar-refractivity contribution in [2.45, 2.75) is 12.8 Å². The number of ether oxygens (including phenoxy) is 3. The molecular formula is C21H23N5O8. The van der Waals surface area contributed by atoms with Gasteiger partial charge in [0.15, 0.2) is 0 Å². The van der Waals surface area contributed by atoms with E-state index in [2.05, 4.69) is 15.3 Å². The molecule has 1 aromatic carbocycles. The van der Waals surface area contributed by atoms with Gasteiger partial charge in [-0.25, -0.2) is 19.6 Å². The van der Waals surface area contributed by atoms with Gasteiger partial charge in [-0.1, -0.05) is 0 Å². The molecule has 0 radical (unpaired) electrons. The average Bonchev–Trinajstić information content (AvgIpc) is 2.86. The zero-order valence-electron chi connectivity index (χ0n) is 18.8. The Balaban J connectivity index is 1.96. The second-order valence-corrected chi connectivity index (χ2v) is 7.34. The van der Waals surface area contributed by atoms with Crippen LogP contribution in [-0.2, 0) is 19.0 Å². The topological polar surface area (TPSA) is 163 Å². The molecule has 2 aromatic rings. The molecule has 0 aliphatic carbocycles. The smallest absolute Gasteiger partial charge is 0.353 e. The minimum Gasteiger partial charge on any atom is -0.469 e. The van der Waals surface area contributed by atoms with E-state index >= 15 is 0 Å². The van der Waals surface area contributed by atoms with Gasteiger partial charge in [0, 0.05) is 18.8 Å². The fraction of sp³-hybridized carbons (Fsp3) is 0.381. The highest BCUT2D eigenvalue weighted by Gasteiger charge is 2.32. The number of aromatic nitrogens is 2. The van der Waals surface area contributed by atoms with Gasteiger partial charge in [0.05, 0.1) is 43.3 Å². The summed E-state index contributed by atoms with van der Waals surface area (Å²) in [6, 6.07) is 4.02. The highest BCUT2D eigenvalue weighted by Crippen LogP contribution is 2.36. The Morgan fingerprint density at radius 3 is 2.09 bits per heavy atom. The number of benzene rings is 1. The first-order valence-electron chi connectivity index (χ1n) is 10.2. The molecule has 13 nitrogen and oxygen atoms in total. The summed E-state index contributed by atoms with van der Waals surface area (Å²) >= 11 is 0. The molecule has 1 saturated heterocycles. The predicted molar refractivity (Wildman–Crippen MR) is 118 cm³/mol. The Hall–Kier alpha value is -4.29. The van der Waals surface area contributed by atoms with Crippen LogP contribution in [0.15, 0.2) is 24.5 Å². The minimum atomic E-state index is -0.708. The number of anilines is 3. The maximum absolute atomic E-state index is 12.0. The lowest BCUT2D eigenvalue weighted by Crippen LogP contribution is -2.37. The van der Waals surface area contributed by atoms with Crippen LogP contribution in [-0.4, -0.2) is 67.2 Å². The van der Waals surface area contributed by atoms with E-state index in [1.165, 1.54) is 45.9 Å². The van der Waals surface area contributed by atoms with Crippen molar-refractivity contribution in [1.82, 2.24) is 9.97 Å². The van der Waals surface area contributed by atoms with Gasteiger partial charge in [-0.2, -0.15) is 0 Å². The molecular weight excluding hydrogens is 450 g/mol. The maximum Gasteiger partial charge on any atom is 0.353 e. The van der Waals surface area contributed by atoms with Crippen LogP contribution in [0.3, 0.4) is 0 Å². The van der Waals surface area contributed by atoms with Gasteiger partial charge < -0.3 is 24.4 Å². The SMILES string of the molecule is COC(=O)c1cc(Nc2ncnc(N3CCC(C(=O)OC)CC3)c2[N+](=O)[O-])cc(C(=O)OC)c1. The van der Waals surface area contributed by atoms with Crippen molar-refractivity contribution in [1.29, 1.82) is 0 Å². The van der Waals surface area contributed by atoms with Crippen molar-refractivity contribution in [2.75, 3.05) is 44.6 Å². The van der Waals surface area contributed by atoms with Gasteiger partial charge in [0.25, 0.3) is 0 Å². The van der Waals surface area contributed by atoms with Gasteiger partial charge >= 0.3 is 23.6 Å². The third-order valence-corrected chi connectivity index (χ3v) is 5.35. The third-order valence-electron chi connectivity index (χ3n) is 5.35. The Morgan fingerprint density at radius 1 is 1.00 bits per heavy atom. The molecule has 13 heteroatoms. The van der Waals surface area contributed by atoms with Crippen LogP contribution in [0.25, 0.3) is 0 Å². The first-order valence-corrected chi connectivity index (χ1v) is 10.2. The van der Waals surface area contributed by atoms with Crippen molar-refractivity contribution in [2.24, 2.45) is 5.92 Å². The number of esters is 3. The van der Waals surface area contributed by atoms with Crippen molar-refractivity contribution in [3.63, 3.8) is 0 Å². The number of carbonyl (C=O) groups is 3. The summed E-state index contributed by atoms with van der Waals surface area (Å²) in [5.41, 5.74) is -0.132. The highest BCUT2D eigenvalue weighted by atomic mass is 16.6. The van der Waals surface area contributed by atoms with Gasteiger partial charge in [-0.15, -0.1) is 0 Å². The molecule has 0 saturated carbocycles. The molecule has 1 aliphatic heterocycles. The number of rotatable bonds is 7. The molecule has 0 unspecified atom stereocenters. The first-order chi connectivity index (χ1) is 16.3. The summed E-state index contributed by atoms with van der Waals surface area (Å²) in [6.07, 6.45) is 2.09. The molecule has 1 aromatic heterocycles. The zero-order chi connectivity index (χ0) is 24.8. The molecule has 0 amide bonds. The molecule has 1 aliphatic rings. The fourth-order valence-electron chi connectivity index (χ4n) is 3.66. The average molecular weight is 473 g/mol. The fourth-order valence-corrected chi connectivity index (χ4v) is 3.66. The van der Waals surface area contributed by atoms with Crippen molar-refractivity contribution in [3.05, 3.63) is 45.8 Å². The van der Waals surface area contributed by atoms with Gasteiger partial charge in [0.1, 0.15) is 6.33 Å². The predicted octanol–water partition coefficient (Wildman–Crippen LogP) is 2.09. The normalized spacial score (nSPS) is 13.7. The zero-order valence-corrected chi connectivity index (χ0v) is 18.8. The Labute approximate surface area is 194 Å². The third kappa shape index (κ3) is 5.19. The number of methoxy groups -OCH3 is 3. The standard InChI is InChI=1S/C21H23N5O8/c1-32-19(27)12-4-6-25(7-5-12)18-16(26(30)31)17(22-11-23-18)24-15-9-13(20(28)33-2)8-14(10-15)21(29)34-3/h8-12H,4-7H2,1-3H3,(H,22,23,24). The van der Waals surface area contributed by atoms with E-state index in [0.29, 0.717) is 25.9 Å². The van der Waals surface area contributed by atoms with E-state index < -0.39 is 16.9 Å². The Kier molecular flexibility index (Phi) is 7.56. The van der Waals surface area contributed by atoms with Crippen molar-refractivity contribution >= 4 is 40.9 Å². The summed E-state index contributed by atoms with van der Waals surface area (Å²) < 4.78 is 14.2.